The SMILES string of the molecule is Cn1cnnc1COc1cccc(F)c1C(=O)O. The molecule has 0 saturated carbocycles. The van der Waals surface area contributed by atoms with Crippen molar-refractivity contribution >= 4 is 5.97 Å². The Morgan fingerprint density at radius 2 is 2.33 bits per heavy atom. The molecule has 0 aliphatic rings. The Morgan fingerprint density at radius 1 is 1.56 bits per heavy atom. The quantitative estimate of drug-likeness (QED) is 0.884. The van der Waals surface area contributed by atoms with Gasteiger partial charge >= 0.3 is 5.97 Å². The van der Waals surface area contributed by atoms with Crippen LogP contribution in [0.5, 0.6) is 5.75 Å². The summed E-state index contributed by atoms with van der Waals surface area (Å²) in [7, 11) is 1.72. The first-order chi connectivity index (χ1) is 8.59. The van der Waals surface area contributed by atoms with Gasteiger partial charge in [-0.1, -0.05) is 6.07 Å². The number of hydrogen-bond acceptors (Lipinski definition) is 4. The van der Waals surface area contributed by atoms with Gasteiger partial charge in [0.15, 0.2) is 5.82 Å². The molecule has 1 aromatic heterocycles. The van der Waals surface area contributed by atoms with Crippen molar-refractivity contribution in [3.05, 3.63) is 41.7 Å². The van der Waals surface area contributed by atoms with Crippen molar-refractivity contribution in [1.82, 2.24) is 14.8 Å². The van der Waals surface area contributed by atoms with E-state index in [-0.39, 0.29) is 12.4 Å². The number of halogens is 1. The van der Waals surface area contributed by atoms with Crippen LogP contribution in [0.15, 0.2) is 24.5 Å². The molecule has 0 spiro atoms. The molecule has 6 nitrogen and oxygen atoms in total. The molecule has 0 saturated heterocycles. The molecule has 1 N–H and O–H groups in total. The second-order valence-electron chi connectivity index (χ2n) is 3.56. The lowest BCUT2D eigenvalue weighted by atomic mass is 10.2. The predicted molar refractivity (Wildman–Crippen MR) is 58.7 cm³/mol. The number of aryl methyl sites for hydroxylation is 1. The summed E-state index contributed by atoms with van der Waals surface area (Å²) in [5, 5.41) is 16.3. The fourth-order valence-corrected chi connectivity index (χ4v) is 1.41. The molecule has 1 heterocycles. The molecule has 1 aromatic carbocycles. The number of benzene rings is 1. The van der Waals surface area contributed by atoms with Gasteiger partial charge in [0.2, 0.25) is 0 Å². The number of rotatable bonds is 4. The lowest BCUT2D eigenvalue weighted by Gasteiger charge is -2.08. The Hall–Kier alpha value is -2.44. The molecule has 94 valence electrons. The molecule has 0 unspecified atom stereocenters. The van der Waals surface area contributed by atoms with Gasteiger partial charge in [-0.15, -0.1) is 10.2 Å². The van der Waals surface area contributed by atoms with Gasteiger partial charge in [-0.2, -0.15) is 0 Å². The highest BCUT2D eigenvalue weighted by Gasteiger charge is 2.17. The van der Waals surface area contributed by atoms with E-state index >= 15 is 0 Å². The highest BCUT2D eigenvalue weighted by Crippen LogP contribution is 2.22. The number of carbonyl (C=O) groups is 1. The molecule has 0 radical (unpaired) electrons. The highest BCUT2D eigenvalue weighted by molar-refractivity contribution is 5.91. The summed E-state index contributed by atoms with van der Waals surface area (Å²) < 4.78 is 20.2. The van der Waals surface area contributed by atoms with E-state index in [1.54, 1.807) is 11.6 Å². The van der Waals surface area contributed by atoms with Crippen LogP contribution in [0.1, 0.15) is 16.2 Å². The van der Waals surface area contributed by atoms with Crippen LogP contribution >= 0.6 is 0 Å². The molecule has 18 heavy (non-hydrogen) atoms. The van der Waals surface area contributed by atoms with E-state index < -0.39 is 17.3 Å². The van der Waals surface area contributed by atoms with Crippen LogP contribution in [0.25, 0.3) is 0 Å². The third kappa shape index (κ3) is 2.29. The first-order valence-corrected chi connectivity index (χ1v) is 5.07. The van der Waals surface area contributed by atoms with Gasteiger partial charge in [0.1, 0.15) is 30.1 Å². The van der Waals surface area contributed by atoms with E-state index in [0.717, 1.165) is 6.07 Å². The number of aromatic nitrogens is 3. The summed E-state index contributed by atoms with van der Waals surface area (Å²) in [6.07, 6.45) is 1.49. The van der Waals surface area contributed by atoms with Crippen molar-refractivity contribution in [3.63, 3.8) is 0 Å². The Balaban J connectivity index is 2.22. The zero-order chi connectivity index (χ0) is 13.1. The molecule has 0 aliphatic heterocycles. The van der Waals surface area contributed by atoms with Crippen LogP contribution in [0.2, 0.25) is 0 Å². The van der Waals surface area contributed by atoms with E-state index in [2.05, 4.69) is 10.2 Å². The van der Waals surface area contributed by atoms with Crippen molar-refractivity contribution in [2.75, 3.05) is 0 Å². The van der Waals surface area contributed by atoms with E-state index in [4.69, 9.17) is 9.84 Å². The van der Waals surface area contributed by atoms with Crippen LogP contribution in [0.4, 0.5) is 4.39 Å². The summed E-state index contributed by atoms with van der Waals surface area (Å²) in [6, 6.07) is 3.84. The minimum atomic E-state index is -1.37. The Kier molecular flexibility index (Phi) is 3.22. The van der Waals surface area contributed by atoms with Crippen molar-refractivity contribution in [2.24, 2.45) is 7.05 Å². The molecular weight excluding hydrogens is 241 g/mol. The van der Waals surface area contributed by atoms with E-state index in [9.17, 15) is 9.18 Å². The maximum Gasteiger partial charge on any atom is 0.342 e. The van der Waals surface area contributed by atoms with E-state index in [1.807, 2.05) is 0 Å². The zero-order valence-electron chi connectivity index (χ0n) is 9.50. The van der Waals surface area contributed by atoms with Crippen molar-refractivity contribution in [3.8, 4) is 5.75 Å². The maximum absolute atomic E-state index is 13.4. The zero-order valence-corrected chi connectivity index (χ0v) is 9.50. The average molecular weight is 251 g/mol. The smallest absolute Gasteiger partial charge is 0.342 e. The second kappa shape index (κ2) is 4.82. The van der Waals surface area contributed by atoms with Crippen LogP contribution in [-0.4, -0.2) is 25.8 Å². The topological polar surface area (TPSA) is 77.2 Å². The van der Waals surface area contributed by atoms with E-state index in [1.165, 1.54) is 18.5 Å². The molecule has 2 rings (SSSR count). The summed E-state index contributed by atoms with van der Waals surface area (Å²) in [6.45, 7) is 0.0141. The van der Waals surface area contributed by atoms with Gasteiger partial charge < -0.3 is 14.4 Å². The third-order valence-corrected chi connectivity index (χ3v) is 2.35. The first-order valence-electron chi connectivity index (χ1n) is 5.07. The molecule has 2 aromatic rings. The van der Waals surface area contributed by atoms with Crippen molar-refractivity contribution in [1.29, 1.82) is 0 Å². The van der Waals surface area contributed by atoms with Gasteiger partial charge in [0.05, 0.1) is 0 Å². The van der Waals surface area contributed by atoms with Crippen LogP contribution in [0, 0.1) is 5.82 Å². The van der Waals surface area contributed by atoms with Crippen molar-refractivity contribution < 1.29 is 19.0 Å². The normalized spacial score (nSPS) is 10.3. The standard InChI is InChI=1S/C11H10FN3O3/c1-15-6-13-14-9(15)5-18-8-4-2-3-7(12)10(8)11(16)17/h2-4,6H,5H2,1H3,(H,16,17). The summed E-state index contributed by atoms with van der Waals surface area (Å²) in [5.41, 5.74) is -0.486. The minimum Gasteiger partial charge on any atom is -0.485 e. The van der Waals surface area contributed by atoms with Gasteiger partial charge in [-0.05, 0) is 12.1 Å². The molecule has 0 atom stereocenters. The molecule has 0 aliphatic carbocycles. The number of aromatic carboxylic acids is 1. The summed E-state index contributed by atoms with van der Waals surface area (Å²) >= 11 is 0. The molecule has 0 bridgehead atoms. The third-order valence-electron chi connectivity index (χ3n) is 2.35. The Morgan fingerprint density at radius 3 is 2.94 bits per heavy atom. The molecule has 0 fully saturated rings. The molecular formula is C11H10FN3O3. The highest BCUT2D eigenvalue weighted by atomic mass is 19.1. The average Bonchev–Trinajstić information content (AvgIpc) is 2.71. The predicted octanol–water partition coefficient (Wildman–Crippen LogP) is 1.23. The van der Waals surface area contributed by atoms with Crippen LogP contribution in [-0.2, 0) is 13.7 Å². The number of hydrogen-bond donors (Lipinski definition) is 1. The monoisotopic (exact) mass is 251 g/mol. The first kappa shape index (κ1) is 12.0. The number of carboxylic acid groups (broad SMARTS) is 1. The summed E-state index contributed by atoms with van der Waals surface area (Å²) in [5.74, 6) is -1.74. The Bertz CT molecular complexity index is 583. The van der Waals surface area contributed by atoms with Crippen LogP contribution in [0.3, 0.4) is 0 Å². The fourth-order valence-electron chi connectivity index (χ4n) is 1.41. The molecule has 7 heteroatoms. The van der Waals surface area contributed by atoms with Gasteiger partial charge in [0.25, 0.3) is 0 Å². The van der Waals surface area contributed by atoms with Gasteiger partial charge in [-0.25, -0.2) is 9.18 Å². The Labute approximate surface area is 102 Å². The van der Waals surface area contributed by atoms with Gasteiger partial charge in [-0.3, -0.25) is 0 Å². The largest absolute Gasteiger partial charge is 0.485 e. The van der Waals surface area contributed by atoms with Crippen molar-refractivity contribution in [2.45, 2.75) is 6.61 Å². The lowest BCUT2D eigenvalue weighted by molar-refractivity contribution is 0.0686. The number of ether oxygens (including phenoxy) is 1. The number of nitrogens with zero attached hydrogens (tertiary/aromatic N) is 3. The molecule has 0 amide bonds. The van der Waals surface area contributed by atoms with E-state index in [0.29, 0.717) is 5.82 Å². The minimum absolute atomic E-state index is 0.0141. The second-order valence-corrected chi connectivity index (χ2v) is 3.56. The number of carboxylic acids is 1. The van der Waals surface area contributed by atoms with Gasteiger partial charge in [0, 0.05) is 7.05 Å². The van der Waals surface area contributed by atoms with Crippen LogP contribution < -0.4 is 4.74 Å². The summed E-state index contributed by atoms with van der Waals surface area (Å²) in [4.78, 5) is 10.9. The maximum atomic E-state index is 13.4. The lowest BCUT2D eigenvalue weighted by Crippen LogP contribution is -2.08. The fraction of sp³-hybridized carbons (Fsp3) is 0.182.